The third-order valence-electron chi connectivity index (χ3n) is 5.60. The Morgan fingerprint density at radius 3 is 2.82 bits per heavy atom. The summed E-state index contributed by atoms with van der Waals surface area (Å²) >= 11 is 6.02. The molecule has 0 radical (unpaired) electrons. The van der Waals surface area contributed by atoms with E-state index in [-0.39, 0.29) is 11.8 Å². The molecule has 1 amide bonds. The molecule has 0 aliphatic carbocycles. The predicted molar refractivity (Wildman–Crippen MR) is 117 cm³/mol. The number of rotatable bonds is 4. The number of carbonyl (C=O) groups is 1. The summed E-state index contributed by atoms with van der Waals surface area (Å²) in [6.45, 7) is 4.68. The van der Waals surface area contributed by atoms with Crippen LogP contribution in [0.4, 0.5) is 5.69 Å². The number of benzene rings is 3. The van der Waals surface area contributed by atoms with Gasteiger partial charge in [0.25, 0.3) is 0 Å². The van der Waals surface area contributed by atoms with Crippen molar-refractivity contribution >= 4 is 34.0 Å². The van der Waals surface area contributed by atoms with Crippen molar-refractivity contribution in [3.8, 4) is 0 Å². The Morgan fingerprint density at radius 2 is 1.96 bits per heavy atom. The van der Waals surface area contributed by atoms with E-state index in [1.807, 2.05) is 25.1 Å². The summed E-state index contributed by atoms with van der Waals surface area (Å²) in [5.74, 6) is 0.117. The van der Waals surface area contributed by atoms with Gasteiger partial charge < -0.3 is 5.32 Å². The Bertz CT molecular complexity index is 996. The molecule has 3 nitrogen and oxygen atoms in total. The van der Waals surface area contributed by atoms with Gasteiger partial charge >= 0.3 is 0 Å². The van der Waals surface area contributed by atoms with Crippen LogP contribution in [-0.4, -0.2) is 23.9 Å². The van der Waals surface area contributed by atoms with Crippen LogP contribution in [0.5, 0.6) is 0 Å². The van der Waals surface area contributed by atoms with Crippen LogP contribution < -0.4 is 5.32 Å². The van der Waals surface area contributed by atoms with Crippen molar-refractivity contribution in [1.29, 1.82) is 0 Å². The summed E-state index contributed by atoms with van der Waals surface area (Å²) in [6.07, 6.45) is 1.98. The fourth-order valence-electron chi connectivity index (χ4n) is 4.09. The first-order valence-corrected chi connectivity index (χ1v) is 10.2. The minimum absolute atomic E-state index is 0.0128. The lowest BCUT2D eigenvalue weighted by molar-refractivity contribution is -0.121. The van der Waals surface area contributed by atoms with Crippen molar-refractivity contribution in [2.24, 2.45) is 5.92 Å². The highest BCUT2D eigenvalue weighted by Crippen LogP contribution is 2.25. The smallest absolute Gasteiger partial charge is 0.228 e. The fourth-order valence-corrected chi connectivity index (χ4v) is 4.31. The number of hydrogen-bond acceptors (Lipinski definition) is 2. The minimum Gasteiger partial charge on any atom is -0.326 e. The van der Waals surface area contributed by atoms with E-state index in [0.717, 1.165) is 43.7 Å². The highest BCUT2D eigenvalue weighted by atomic mass is 35.5. The molecule has 1 saturated heterocycles. The van der Waals surface area contributed by atoms with Crippen molar-refractivity contribution in [2.75, 3.05) is 18.4 Å². The average molecular weight is 393 g/mol. The van der Waals surface area contributed by atoms with Crippen molar-refractivity contribution in [2.45, 2.75) is 26.3 Å². The van der Waals surface area contributed by atoms with E-state index in [1.165, 1.54) is 16.3 Å². The Hall–Kier alpha value is -2.36. The number of amides is 1. The molecule has 4 heteroatoms. The van der Waals surface area contributed by atoms with E-state index in [0.29, 0.717) is 5.02 Å². The monoisotopic (exact) mass is 392 g/mol. The second kappa shape index (κ2) is 8.34. The number of nitrogens with one attached hydrogen (secondary N) is 1. The zero-order valence-corrected chi connectivity index (χ0v) is 16.9. The lowest BCUT2D eigenvalue weighted by Crippen LogP contribution is -2.40. The van der Waals surface area contributed by atoms with Crippen LogP contribution in [0.15, 0.2) is 60.7 Å². The quantitative estimate of drug-likeness (QED) is 0.622. The summed E-state index contributed by atoms with van der Waals surface area (Å²) in [7, 11) is 0. The molecule has 1 fully saturated rings. The van der Waals surface area contributed by atoms with Crippen molar-refractivity contribution in [3.63, 3.8) is 0 Å². The standard InChI is InChI=1S/C24H25ClN2O/c1-17-14-21(25)11-12-23(17)26-24(28)20-9-5-13-27(16-20)15-19-8-4-7-18-6-2-3-10-22(18)19/h2-4,6-8,10-12,14,20H,5,9,13,15-16H2,1H3,(H,26,28). The number of carbonyl (C=O) groups excluding carboxylic acids is 1. The predicted octanol–water partition coefficient (Wildman–Crippen LogP) is 5.65. The highest BCUT2D eigenvalue weighted by Gasteiger charge is 2.26. The summed E-state index contributed by atoms with van der Waals surface area (Å²) in [6, 6.07) is 20.5. The van der Waals surface area contributed by atoms with Crippen LogP contribution in [0, 0.1) is 12.8 Å². The first kappa shape index (κ1) is 19.0. The number of fused-ring (bicyclic) bond motifs is 1. The number of hydrogen-bond donors (Lipinski definition) is 1. The normalized spacial score (nSPS) is 17.6. The lowest BCUT2D eigenvalue weighted by atomic mass is 9.95. The number of nitrogens with zero attached hydrogens (tertiary/aromatic N) is 1. The topological polar surface area (TPSA) is 32.3 Å². The van der Waals surface area contributed by atoms with Gasteiger partial charge in [-0.1, -0.05) is 54.1 Å². The summed E-state index contributed by atoms with van der Waals surface area (Å²) in [5.41, 5.74) is 3.16. The summed E-state index contributed by atoms with van der Waals surface area (Å²) in [5, 5.41) is 6.35. The maximum absolute atomic E-state index is 12.8. The highest BCUT2D eigenvalue weighted by molar-refractivity contribution is 6.30. The summed E-state index contributed by atoms with van der Waals surface area (Å²) in [4.78, 5) is 15.3. The van der Waals surface area contributed by atoms with Crippen LogP contribution in [0.2, 0.25) is 5.02 Å². The molecule has 1 heterocycles. The minimum atomic E-state index is 0.0128. The molecule has 4 rings (SSSR count). The van der Waals surface area contributed by atoms with Crippen LogP contribution >= 0.6 is 11.6 Å². The maximum atomic E-state index is 12.8. The Kier molecular flexibility index (Phi) is 5.65. The molecule has 1 aliphatic heterocycles. The second-order valence-electron chi connectivity index (χ2n) is 7.66. The van der Waals surface area contributed by atoms with E-state index in [1.54, 1.807) is 0 Å². The Labute approximate surface area is 171 Å². The molecule has 3 aromatic rings. The van der Waals surface area contributed by atoms with Crippen molar-refractivity contribution in [3.05, 3.63) is 76.8 Å². The number of halogens is 1. The molecule has 0 aromatic heterocycles. The SMILES string of the molecule is Cc1cc(Cl)ccc1NC(=O)C1CCCN(Cc2cccc3ccccc23)C1. The van der Waals surface area contributed by atoms with Crippen LogP contribution in [-0.2, 0) is 11.3 Å². The number of piperidine rings is 1. The van der Waals surface area contributed by atoms with Gasteiger partial charge in [0.05, 0.1) is 5.92 Å². The van der Waals surface area contributed by atoms with Crippen molar-refractivity contribution in [1.82, 2.24) is 4.90 Å². The third-order valence-corrected chi connectivity index (χ3v) is 5.83. The van der Waals surface area contributed by atoms with Crippen LogP contribution in [0.3, 0.4) is 0 Å². The van der Waals surface area contributed by atoms with E-state index in [9.17, 15) is 4.79 Å². The Morgan fingerprint density at radius 1 is 1.14 bits per heavy atom. The van der Waals surface area contributed by atoms with Crippen LogP contribution in [0.1, 0.15) is 24.0 Å². The molecule has 0 bridgehead atoms. The van der Waals surface area contributed by atoms with Crippen molar-refractivity contribution < 1.29 is 4.79 Å². The van der Waals surface area contributed by atoms with Gasteiger partial charge in [-0.05, 0) is 66.4 Å². The zero-order valence-electron chi connectivity index (χ0n) is 16.1. The van der Waals surface area contributed by atoms with E-state index < -0.39 is 0 Å². The van der Waals surface area contributed by atoms with E-state index in [4.69, 9.17) is 11.6 Å². The van der Waals surface area contributed by atoms with E-state index >= 15 is 0 Å². The fraction of sp³-hybridized carbons (Fsp3) is 0.292. The molecule has 28 heavy (non-hydrogen) atoms. The van der Waals surface area contributed by atoms with Gasteiger partial charge in [0.15, 0.2) is 0 Å². The second-order valence-corrected chi connectivity index (χ2v) is 8.10. The van der Waals surface area contributed by atoms with Gasteiger partial charge in [0.1, 0.15) is 0 Å². The molecule has 1 unspecified atom stereocenters. The Balaban J connectivity index is 1.44. The van der Waals surface area contributed by atoms with E-state index in [2.05, 4.69) is 52.7 Å². The largest absolute Gasteiger partial charge is 0.326 e. The van der Waals surface area contributed by atoms with Gasteiger partial charge in [-0.25, -0.2) is 0 Å². The maximum Gasteiger partial charge on any atom is 0.228 e. The molecular weight excluding hydrogens is 368 g/mol. The van der Waals surface area contributed by atoms with Gasteiger partial charge in [-0.2, -0.15) is 0 Å². The molecule has 3 aromatic carbocycles. The number of anilines is 1. The van der Waals surface area contributed by atoms with Crippen LogP contribution in [0.25, 0.3) is 10.8 Å². The zero-order chi connectivity index (χ0) is 19.5. The van der Waals surface area contributed by atoms with Gasteiger partial charge in [-0.15, -0.1) is 0 Å². The number of aryl methyl sites for hydroxylation is 1. The lowest BCUT2D eigenvalue weighted by Gasteiger charge is -2.32. The van der Waals surface area contributed by atoms with Gasteiger partial charge in [-0.3, -0.25) is 9.69 Å². The number of likely N-dealkylation sites (tertiary alicyclic amines) is 1. The average Bonchev–Trinajstić information content (AvgIpc) is 2.70. The molecule has 0 spiro atoms. The molecule has 144 valence electrons. The van der Waals surface area contributed by atoms with Gasteiger partial charge in [0.2, 0.25) is 5.91 Å². The first-order valence-electron chi connectivity index (χ1n) is 9.86. The molecule has 1 atom stereocenters. The third kappa shape index (κ3) is 4.21. The summed E-state index contributed by atoms with van der Waals surface area (Å²) < 4.78 is 0. The van der Waals surface area contributed by atoms with Gasteiger partial charge in [0, 0.05) is 23.8 Å². The molecular formula is C24H25ClN2O. The molecule has 1 N–H and O–H groups in total. The molecule has 0 saturated carbocycles. The first-order chi connectivity index (χ1) is 13.6. The molecule has 1 aliphatic rings.